The molecule has 11 heavy (non-hydrogen) atoms. The van der Waals surface area contributed by atoms with Crippen LogP contribution < -0.4 is 6.15 Å². The molecule has 0 spiro atoms. The summed E-state index contributed by atoms with van der Waals surface area (Å²) in [5.41, 5.74) is 0. The SMILES string of the molecule is N.O=C(O)CF.c1cc[nH]c1. The monoisotopic (exact) mass is 162 g/mol. The van der Waals surface area contributed by atoms with Gasteiger partial charge in [0.05, 0.1) is 0 Å². The second-order valence-electron chi connectivity index (χ2n) is 1.41. The van der Waals surface area contributed by atoms with E-state index in [1.165, 1.54) is 0 Å². The molecule has 0 atom stereocenters. The van der Waals surface area contributed by atoms with E-state index in [0.29, 0.717) is 0 Å². The third kappa shape index (κ3) is 12.0. The van der Waals surface area contributed by atoms with Crippen molar-refractivity contribution in [2.75, 3.05) is 6.67 Å². The number of aromatic amines is 1. The van der Waals surface area contributed by atoms with E-state index >= 15 is 0 Å². The summed E-state index contributed by atoms with van der Waals surface area (Å²) >= 11 is 0. The maximum Gasteiger partial charge on any atom is 0.335 e. The number of hydrogen-bond donors (Lipinski definition) is 3. The van der Waals surface area contributed by atoms with Crippen molar-refractivity contribution in [2.24, 2.45) is 0 Å². The Kier molecular flexibility index (Phi) is 9.68. The zero-order chi connectivity index (χ0) is 7.82. The highest BCUT2D eigenvalue weighted by atomic mass is 19.1. The van der Waals surface area contributed by atoms with E-state index in [1.54, 1.807) is 0 Å². The number of carboxylic acid groups (broad SMARTS) is 1. The van der Waals surface area contributed by atoms with Crippen LogP contribution in [0.25, 0.3) is 0 Å². The number of aromatic nitrogens is 1. The molecule has 0 saturated heterocycles. The second-order valence-corrected chi connectivity index (χ2v) is 1.41. The van der Waals surface area contributed by atoms with Gasteiger partial charge < -0.3 is 16.2 Å². The summed E-state index contributed by atoms with van der Waals surface area (Å²) in [4.78, 5) is 11.9. The standard InChI is InChI=1S/C4H5N.C2H3FO2.H3N/c1-2-4-5-3-1;3-1-2(4)5;/h1-5H;1H2,(H,4,5);1H3. The number of H-pyrrole nitrogens is 1. The van der Waals surface area contributed by atoms with Crippen molar-refractivity contribution in [3.05, 3.63) is 24.5 Å². The van der Waals surface area contributed by atoms with Crippen LogP contribution in [-0.4, -0.2) is 22.7 Å². The number of alkyl halides is 1. The summed E-state index contributed by atoms with van der Waals surface area (Å²) in [6.07, 6.45) is 3.75. The zero-order valence-electron chi connectivity index (χ0n) is 5.96. The Balaban J connectivity index is 0. The van der Waals surface area contributed by atoms with Crippen molar-refractivity contribution < 1.29 is 14.3 Å². The number of halogens is 1. The van der Waals surface area contributed by atoms with Gasteiger partial charge in [0, 0.05) is 12.4 Å². The number of hydrogen-bond acceptors (Lipinski definition) is 2. The molecule has 1 heterocycles. The van der Waals surface area contributed by atoms with Crippen LogP contribution >= 0.6 is 0 Å². The van der Waals surface area contributed by atoms with E-state index in [1.807, 2.05) is 24.5 Å². The van der Waals surface area contributed by atoms with Crippen molar-refractivity contribution >= 4 is 5.97 Å². The minimum atomic E-state index is -1.41. The number of carbonyl (C=O) groups is 1. The van der Waals surface area contributed by atoms with Gasteiger partial charge in [-0.25, -0.2) is 9.18 Å². The van der Waals surface area contributed by atoms with Crippen LogP contribution in [-0.2, 0) is 4.79 Å². The highest BCUT2D eigenvalue weighted by Gasteiger charge is 1.85. The van der Waals surface area contributed by atoms with Crippen LogP contribution in [0.2, 0.25) is 0 Å². The quantitative estimate of drug-likeness (QED) is 0.580. The molecule has 0 aromatic carbocycles. The number of nitrogens with one attached hydrogen (secondary N) is 1. The lowest BCUT2D eigenvalue weighted by molar-refractivity contribution is -0.137. The number of aliphatic carboxylic acids is 1. The van der Waals surface area contributed by atoms with Gasteiger partial charge in [-0.2, -0.15) is 0 Å². The van der Waals surface area contributed by atoms with Crippen molar-refractivity contribution in [1.29, 1.82) is 0 Å². The summed E-state index contributed by atoms with van der Waals surface area (Å²) in [6, 6.07) is 3.89. The van der Waals surface area contributed by atoms with Crippen molar-refractivity contribution in [2.45, 2.75) is 0 Å². The first kappa shape index (κ1) is 12.3. The average Bonchev–Trinajstić information content (AvgIpc) is 2.43. The van der Waals surface area contributed by atoms with Crippen LogP contribution in [0.1, 0.15) is 0 Å². The van der Waals surface area contributed by atoms with Gasteiger partial charge in [0.25, 0.3) is 0 Å². The molecule has 0 aliphatic carbocycles. The van der Waals surface area contributed by atoms with Crippen LogP contribution in [0.4, 0.5) is 4.39 Å². The topological polar surface area (TPSA) is 88.1 Å². The molecule has 0 saturated carbocycles. The van der Waals surface area contributed by atoms with Gasteiger partial charge in [-0.1, -0.05) is 0 Å². The predicted octanol–water partition coefficient (Wildman–Crippen LogP) is 1.22. The van der Waals surface area contributed by atoms with Gasteiger partial charge in [0.1, 0.15) is 0 Å². The van der Waals surface area contributed by atoms with E-state index in [4.69, 9.17) is 9.90 Å². The largest absolute Gasteiger partial charge is 0.479 e. The first-order valence-corrected chi connectivity index (χ1v) is 2.63. The molecule has 0 radical (unpaired) electrons. The summed E-state index contributed by atoms with van der Waals surface area (Å²) in [5, 5.41) is 7.35. The smallest absolute Gasteiger partial charge is 0.335 e. The lowest BCUT2D eigenvalue weighted by Crippen LogP contribution is -1.93. The molecule has 0 amide bonds. The average molecular weight is 162 g/mol. The van der Waals surface area contributed by atoms with Crippen LogP contribution in [0, 0.1) is 0 Å². The lowest BCUT2D eigenvalue weighted by Gasteiger charge is -1.69. The van der Waals surface area contributed by atoms with Crippen LogP contribution in [0.5, 0.6) is 0 Å². The first-order valence-electron chi connectivity index (χ1n) is 2.63. The molecular formula is C6H11FN2O2. The highest BCUT2D eigenvalue weighted by Crippen LogP contribution is 1.72. The summed E-state index contributed by atoms with van der Waals surface area (Å²) < 4.78 is 10.5. The minimum absolute atomic E-state index is 0. The summed E-state index contributed by atoms with van der Waals surface area (Å²) in [6.45, 7) is -1.28. The first-order chi connectivity index (χ1) is 4.77. The van der Waals surface area contributed by atoms with Gasteiger partial charge in [-0.3, -0.25) is 0 Å². The third-order valence-electron chi connectivity index (χ3n) is 0.610. The minimum Gasteiger partial charge on any atom is -0.479 e. The Morgan fingerprint density at radius 3 is 1.91 bits per heavy atom. The molecule has 5 heteroatoms. The Morgan fingerprint density at radius 2 is 1.82 bits per heavy atom. The molecule has 0 fully saturated rings. The number of rotatable bonds is 1. The molecule has 1 aromatic heterocycles. The lowest BCUT2D eigenvalue weighted by atomic mass is 10.7. The van der Waals surface area contributed by atoms with Crippen LogP contribution in [0.15, 0.2) is 24.5 Å². The molecule has 1 aromatic rings. The Labute approximate surface area is 63.6 Å². The zero-order valence-corrected chi connectivity index (χ0v) is 5.96. The molecule has 5 N–H and O–H groups in total. The predicted molar refractivity (Wildman–Crippen MR) is 39.4 cm³/mol. The van der Waals surface area contributed by atoms with E-state index in [2.05, 4.69) is 4.98 Å². The molecule has 0 bridgehead atoms. The van der Waals surface area contributed by atoms with Gasteiger partial charge in [-0.15, -0.1) is 0 Å². The second kappa shape index (κ2) is 8.64. The fourth-order valence-corrected chi connectivity index (χ4v) is 0.278. The molecule has 0 aliphatic heterocycles. The van der Waals surface area contributed by atoms with Crippen molar-refractivity contribution in [3.63, 3.8) is 0 Å². The fourth-order valence-electron chi connectivity index (χ4n) is 0.278. The maximum absolute atomic E-state index is 10.5. The Bertz CT molecular complexity index is 148. The maximum atomic E-state index is 10.5. The third-order valence-corrected chi connectivity index (χ3v) is 0.610. The van der Waals surface area contributed by atoms with E-state index in [0.717, 1.165) is 0 Å². The van der Waals surface area contributed by atoms with Gasteiger partial charge >= 0.3 is 5.97 Å². The Morgan fingerprint density at radius 1 is 1.45 bits per heavy atom. The fraction of sp³-hybridized carbons (Fsp3) is 0.167. The molecule has 1 rings (SSSR count). The number of carboxylic acids is 1. The van der Waals surface area contributed by atoms with Crippen molar-refractivity contribution in [1.82, 2.24) is 11.1 Å². The molecule has 64 valence electrons. The van der Waals surface area contributed by atoms with Gasteiger partial charge in [0.2, 0.25) is 0 Å². The van der Waals surface area contributed by atoms with E-state index < -0.39 is 12.6 Å². The normalized spacial score (nSPS) is 7.00. The molecular weight excluding hydrogens is 151 g/mol. The molecule has 0 aliphatic rings. The molecule has 4 nitrogen and oxygen atoms in total. The van der Waals surface area contributed by atoms with Gasteiger partial charge in [-0.05, 0) is 12.1 Å². The van der Waals surface area contributed by atoms with Crippen molar-refractivity contribution in [3.8, 4) is 0 Å². The van der Waals surface area contributed by atoms with Gasteiger partial charge in [0.15, 0.2) is 6.67 Å². The summed E-state index contributed by atoms with van der Waals surface area (Å²) in [7, 11) is 0. The van der Waals surface area contributed by atoms with E-state index in [-0.39, 0.29) is 6.15 Å². The summed E-state index contributed by atoms with van der Waals surface area (Å²) in [5.74, 6) is -1.41. The van der Waals surface area contributed by atoms with E-state index in [9.17, 15) is 4.39 Å². The molecule has 0 unspecified atom stereocenters. The highest BCUT2D eigenvalue weighted by molar-refractivity contribution is 5.67. The van der Waals surface area contributed by atoms with Crippen LogP contribution in [0.3, 0.4) is 0 Å². The Hall–Kier alpha value is -1.36.